The molecule has 8 heteroatoms. The predicted octanol–water partition coefficient (Wildman–Crippen LogP) is 6.91. The van der Waals surface area contributed by atoms with Gasteiger partial charge < -0.3 is 5.32 Å². The Bertz CT molecular complexity index is 1250. The molecule has 2 aromatic rings. The second-order valence-electron chi connectivity index (χ2n) is 11.7. The van der Waals surface area contributed by atoms with Crippen molar-refractivity contribution < 1.29 is 22.8 Å². The molecule has 7 rings (SSSR count). The largest absolute Gasteiger partial charge is 0.416 e. The van der Waals surface area contributed by atoms with E-state index in [1.54, 1.807) is 6.08 Å². The van der Waals surface area contributed by atoms with Crippen molar-refractivity contribution in [3.63, 3.8) is 0 Å². The summed E-state index contributed by atoms with van der Waals surface area (Å²) in [4.78, 5) is 29.5. The van der Waals surface area contributed by atoms with E-state index in [1.807, 2.05) is 24.3 Å². The Morgan fingerprint density at radius 3 is 2.26 bits per heavy atom. The molecule has 1 atom stereocenters. The molecular weight excluding hydrogens is 509 g/mol. The molecule has 0 saturated heterocycles. The number of hydrogen-bond donors (Lipinski definition) is 1. The number of hydrogen-bond acceptors (Lipinski definition) is 3. The predicted molar refractivity (Wildman–Crippen MR) is 142 cm³/mol. The number of carbonyl (C=O) groups excluding carboxylic acids is 2. The van der Waals surface area contributed by atoms with Gasteiger partial charge in [0.25, 0.3) is 5.91 Å². The summed E-state index contributed by atoms with van der Waals surface area (Å²) in [7, 11) is 0. The van der Waals surface area contributed by atoms with Gasteiger partial charge >= 0.3 is 6.18 Å². The smallest absolute Gasteiger partial charge is 0.352 e. The molecule has 4 aliphatic carbocycles. The zero-order valence-corrected chi connectivity index (χ0v) is 22.1. The third-order valence-electron chi connectivity index (χ3n) is 9.05. The SMILES string of the molecule is C[C@H](NC(=O)CN1C(=O)/C(=C/c2ccc(C(F)(F)F)cc2)Sc2ccccc21)C12CC3CC(CC(C3)C1)C2. The lowest BCUT2D eigenvalue weighted by Crippen LogP contribution is -2.57. The van der Waals surface area contributed by atoms with E-state index in [0.717, 1.165) is 34.8 Å². The van der Waals surface area contributed by atoms with Crippen molar-refractivity contribution in [2.45, 2.75) is 62.6 Å². The van der Waals surface area contributed by atoms with Gasteiger partial charge in [-0.05, 0) is 105 Å². The fraction of sp³-hybridized carbons (Fsp3) is 0.467. The van der Waals surface area contributed by atoms with Crippen LogP contribution in [-0.2, 0) is 15.8 Å². The van der Waals surface area contributed by atoms with E-state index in [1.165, 1.54) is 67.3 Å². The highest BCUT2D eigenvalue weighted by atomic mass is 32.2. The summed E-state index contributed by atoms with van der Waals surface area (Å²) in [5, 5.41) is 3.25. The van der Waals surface area contributed by atoms with Crippen molar-refractivity contribution in [2.24, 2.45) is 23.2 Å². The van der Waals surface area contributed by atoms with Crippen molar-refractivity contribution in [1.29, 1.82) is 0 Å². The molecule has 200 valence electrons. The van der Waals surface area contributed by atoms with Crippen LogP contribution in [0.25, 0.3) is 6.08 Å². The summed E-state index contributed by atoms with van der Waals surface area (Å²) in [6.45, 7) is 2.03. The molecule has 4 nitrogen and oxygen atoms in total. The number of benzene rings is 2. The van der Waals surface area contributed by atoms with Gasteiger partial charge in [-0.15, -0.1) is 0 Å². The lowest BCUT2D eigenvalue weighted by Gasteiger charge is -2.59. The summed E-state index contributed by atoms with van der Waals surface area (Å²) >= 11 is 1.27. The first-order chi connectivity index (χ1) is 18.1. The number of anilines is 1. The maximum absolute atomic E-state index is 13.5. The van der Waals surface area contributed by atoms with Gasteiger partial charge in [-0.25, -0.2) is 0 Å². The van der Waals surface area contributed by atoms with Gasteiger partial charge in [0.2, 0.25) is 5.91 Å². The first-order valence-electron chi connectivity index (χ1n) is 13.4. The average molecular weight is 541 g/mol. The van der Waals surface area contributed by atoms with Crippen molar-refractivity contribution in [3.05, 3.63) is 64.6 Å². The monoisotopic (exact) mass is 540 g/mol. The zero-order valence-electron chi connectivity index (χ0n) is 21.3. The molecule has 4 fully saturated rings. The van der Waals surface area contributed by atoms with E-state index in [-0.39, 0.29) is 29.8 Å². The molecule has 1 aliphatic heterocycles. The Kier molecular flexibility index (Phi) is 6.36. The summed E-state index contributed by atoms with van der Waals surface area (Å²) in [5.41, 5.74) is 0.592. The molecule has 1 heterocycles. The van der Waals surface area contributed by atoms with Crippen LogP contribution in [0.5, 0.6) is 0 Å². The third kappa shape index (κ3) is 4.76. The molecule has 0 unspecified atom stereocenters. The number of fused-ring (bicyclic) bond motifs is 1. The Labute approximate surface area is 225 Å². The van der Waals surface area contributed by atoms with Crippen molar-refractivity contribution >= 4 is 35.3 Å². The van der Waals surface area contributed by atoms with Crippen LogP contribution < -0.4 is 10.2 Å². The highest BCUT2D eigenvalue weighted by molar-refractivity contribution is 8.04. The van der Waals surface area contributed by atoms with Gasteiger partial charge in [0, 0.05) is 10.9 Å². The minimum atomic E-state index is -4.42. The second-order valence-corrected chi connectivity index (χ2v) is 12.7. The lowest BCUT2D eigenvalue weighted by atomic mass is 9.48. The van der Waals surface area contributed by atoms with Crippen LogP contribution in [0, 0.1) is 23.2 Å². The van der Waals surface area contributed by atoms with E-state index in [4.69, 9.17) is 0 Å². The van der Waals surface area contributed by atoms with Gasteiger partial charge in [0.05, 0.1) is 16.2 Å². The molecule has 2 amide bonds. The summed E-state index contributed by atoms with van der Waals surface area (Å²) in [6, 6.07) is 12.2. The number of carbonyl (C=O) groups is 2. The van der Waals surface area contributed by atoms with Crippen LogP contribution in [0.3, 0.4) is 0 Å². The number of nitrogens with zero attached hydrogens (tertiary/aromatic N) is 1. The number of alkyl halides is 3. The molecule has 0 spiro atoms. The normalized spacial score (nSPS) is 29.9. The topological polar surface area (TPSA) is 49.4 Å². The van der Waals surface area contributed by atoms with E-state index in [2.05, 4.69) is 12.2 Å². The maximum Gasteiger partial charge on any atom is 0.416 e. The van der Waals surface area contributed by atoms with E-state index in [0.29, 0.717) is 16.2 Å². The molecular formula is C30H31F3N2O2S. The van der Waals surface area contributed by atoms with E-state index in [9.17, 15) is 22.8 Å². The van der Waals surface area contributed by atoms with Crippen LogP contribution in [-0.4, -0.2) is 24.4 Å². The summed E-state index contributed by atoms with van der Waals surface area (Å²) < 4.78 is 38.9. The molecule has 38 heavy (non-hydrogen) atoms. The highest BCUT2D eigenvalue weighted by Crippen LogP contribution is 2.61. The van der Waals surface area contributed by atoms with Crippen molar-refractivity contribution in [2.75, 3.05) is 11.4 Å². The minimum Gasteiger partial charge on any atom is -0.352 e. The molecule has 1 N–H and O–H groups in total. The first-order valence-corrected chi connectivity index (χ1v) is 14.2. The third-order valence-corrected chi connectivity index (χ3v) is 10.1. The molecule has 4 saturated carbocycles. The Morgan fingerprint density at radius 1 is 1.05 bits per heavy atom. The summed E-state index contributed by atoms with van der Waals surface area (Å²) in [6.07, 6.45) is 4.73. The number of thioether (sulfide) groups is 1. The number of halogens is 3. The second kappa shape index (κ2) is 9.47. The average Bonchev–Trinajstić information content (AvgIpc) is 2.85. The van der Waals surface area contributed by atoms with Gasteiger partial charge in [-0.2, -0.15) is 13.2 Å². The Hall–Kier alpha value is -2.74. The summed E-state index contributed by atoms with van der Waals surface area (Å²) in [5.74, 6) is 1.84. The van der Waals surface area contributed by atoms with Crippen LogP contribution in [0.2, 0.25) is 0 Å². The van der Waals surface area contributed by atoms with Crippen LogP contribution >= 0.6 is 11.8 Å². The van der Waals surface area contributed by atoms with Gasteiger partial charge in [-0.3, -0.25) is 14.5 Å². The molecule has 2 aromatic carbocycles. The maximum atomic E-state index is 13.5. The van der Waals surface area contributed by atoms with Crippen LogP contribution in [0.4, 0.5) is 18.9 Å². The number of amides is 2. The fourth-order valence-corrected chi connectivity index (χ4v) is 8.69. The Balaban J connectivity index is 1.20. The Morgan fingerprint density at radius 2 is 1.66 bits per heavy atom. The first kappa shape index (κ1) is 25.5. The zero-order chi connectivity index (χ0) is 26.7. The molecule has 0 radical (unpaired) electrons. The number of para-hydroxylation sites is 1. The molecule has 5 aliphatic rings. The number of nitrogens with one attached hydrogen (secondary N) is 1. The van der Waals surface area contributed by atoms with Crippen LogP contribution in [0.15, 0.2) is 58.3 Å². The quantitative estimate of drug-likeness (QED) is 0.420. The van der Waals surface area contributed by atoms with Crippen molar-refractivity contribution in [3.8, 4) is 0 Å². The highest BCUT2D eigenvalue weighted by Gasteiger charge is 2.53. The van der Waals surface area contributed by atoms with Gasteiger partial charge in [-0.1, -0.05) is 36.0 Å². The van der Waals surface area contributed by atoms with E-state index >= 15 is 0 Å². The molecule has 0 aromatic heterocycles. The van der Waals surface area contributed by atoms with Gasteiger partial charge in [0.15, 0.2) is 0 Å². The fourth-order valence-electron chi connectivity index (χ4n) is 7.63. The lowest BCUT2D eigenvalue weighted by molar-refractivity contribution is -0.137. The van der Waals surface area contributed by atoms with Crippen molar-refractivity contribution in [1.82, 2.24) is 5.32 Å². The standard InChI is InChI=1S/C30H31F3N2O2S/c1-18(29-14-20-10-21(15-29)12-22(11-20)16-29)34-27(36)17-35-24-4-2-3-5-25(24)38-26(28(35)37)13-19-6-8-23(9-7-19)30(31,32)33/h2-9,13,18,20-22H,10-12,14-17H2,1H3,(H,34,36)/b26-13-/t18-,20?,21?,22?,29?/m0/s1. The van der Waals surface area contributed by atoms with E-state index < -0.39 is 11.7 Å². The van der Waals surface area contributed by atoms with Crippen LogP contribution in [0.1, 0.15) is 56.6 Å². The minimum absolute atomic E-state index is 0.0510. The molecule has 4 bridgehead atoms. The van der Waals surface area contributed by atoms with Gasteiger partial charge in [0.1, 0.15) is 6.54 Å². The number of rotatable bonds is 5.